The van der Waals surface area contributed by atoms with Crippen LogP contribution >= 0.6 is 0 Å². The third kappa shape index (κ3) is 4.14. The summed E-state index contributed by atoms with van der Waals surface area (Å²) >= 11 is 0. The molecule has 0 amide bonds. The minimum Gasteiger partial charge on any atom is -0.379 e. The Morgan fingerprint density at radius 3 is 2.85 bits per heavy atom. The highest BCUT2D eigenvalue weighted by molar-refractivity contribution is 5.59. The Morgan fingerprint density at radius 2 is 2.15 bits per heavy atom. The van der Waals surface area contributed by atoms with E-state index in [-0.39, 0.29) is 5.69 Å². The lowest BCUT2D eigenvalue weighted by molar-refractivity contribution is -0.384. The summed E-state index contributed by atoms with van der Waals surface area (Å²) in [7, 11) is 2.14. The summed E-state index contributed by atoms with van der Waals surface area (Å²) in [6.07, 6.45) is 3.82. The van der Waals surface area contributed by atoms with Crippen molar-refractivity contribution in [3.63, 3.8) is 0 Å². The van der Waals surface area contributed by atoms with Crippen LogP contribution in [0.15, 0.2) is 18.5 Å². The molecule has 0 saturated carbocycles. The fourth-order valence-corrected chi connectivity index (χ4v) is 2.28. The molecule has 1 aliphatic rings. The molecule has 2 rings (SSSR count). The average Bonchev–Trinajstić information content (AvgIpc) is 2.46. The van der Waals surface area contributed by atoms with Crippen molar-refractivity contribution in [2.45, 2.75) is 6.42 Å². The van der Waals surface area contributed by atoms with E-state index in [0.29, 0.717) is 5.69 Å². The number of hydrogen-bond acceptors (Lipinski definition) is 6. The molecule has 7 nitrogen and oxygen atoms in total. The van der Waals surface area contributed by atoms with Gasteiger partial charge in [0.2, 0.25) is 0 Å². The van der Waals surface area contributed by atoms with Crippen molar-refractivity contribution >= 4 is 11.4 Å². The Balaban J connectivity index is 1.72. The van der Waals surface area contributed by atoms with Crippen molar-refractivity contribution in [1.29, 1.82) is 0 Å². The highest BCUT2D eigenvalue weighted by Gasteiger charge is 2.14. The molecule has 7 heteroatoms. The lowest BCUT2D eigenvalue weighted by Gasteiger charge is -2.32. The molecule has 1 fully saturated rings. The van der Waals surface area contributed by atoms with Gasteiger partial charge < -0.3 is 15.1 Å². The third-order valence-corrected chi connectivity index (χ3v) is 3.56. The van der Waals surface area contributed by atoms with E-state index in [1.165, 1.54) is 6.20 Å². The molecular weight excluding hydrogens is 258 g/mol. The zero-order valence-electron chi connectivity index (χ0n) is 11.8. The van der Waals surface area contributed by atoms with Crippen molar-refractivity contribution in [3.8, 4) is 0 Å². The molecule has 0 unspecified atom stereocenters. The van der Waals surface area contributed by atoms with Crippen LogP contribution in [0.1, 0.15) is 6.42 Å². The fraction of sp³-hybridized carbons (Fsp3) is 0.615. The quantitative estimate of drug-likeness (QED) is 0.476. The number of rotatable bonds is 6. The number of likely N-dealkylation sites (N-methyl/N-ethyl adjacent to an activating group) is 1. The van der Waals surface area contributed by atoms with Crippen LogP contribution in [0.2, 0.25) is 0 Å². The van der Waals surface area contributed by atoms with E-state index >= 15 is 0 Å². The first-order chi connectivity index (χ1) is 9.66. The number of aromatic nitrogens is 1. The van der Waals surface area contributed by atoms with E-state index in [1.54, 1.807) is 12.3 Å². The van der Waals surface area contributed by atoms with Crippen LogP contribution in [0.25, 0.3) is 0 Å². The first-order valence-corrected chi connectivity index (χ1v) is 6.90. The van der Waals surface area contributed by atoms with Gasteiger partial charge in [-0.25, -0.2) is 0 Å². The van der Waals surface area contributed by atoms with E-state index in [4.69, 9.17) is 0 Å². The van der Waals surface area contributed by atoms with Gasteiger partial charge in [-0.3, -0.25) is 15.1 Å². The van der Waals surface area contributed by atoms with Crippen LogP contribution in [0.4, 0.5) is 11.4 Å². The van der Waals surface area contributed by atoms with E-state index in [0.717, 1.165) is 45.7 Å². The maximum atomic E-state index is 10.8. The number of anilines is 1. The van der Waals surface area contributed by atoms with Gasteiger partial charge in [-0.05, 0) is 26.1 Å². The molecule has 0 radical (unpaired) electrons. The molecule has 0 aliphatic carbocycles. The fourth-order valence-electron chi connectivity index (χ4n) is 2.28. The smallest absolute Gasteiger partial charge is 0.310 e. The Hall–Kier alpha value is -1.73. The van der Waals surface area contributed by atoms with Gasteiger partial charge in [-0.15, -0.1) is 0 Å². The van der Waals surface area contributed by atoms with Crippen LogP contribution in [-0.2, 0) is 0 Å². The molecule has 1 N–H and O–H groups in total. The third-order valence-electron chi connectivity index (χ3n) is 3.56. The Kier molecular flexibility index (Phi) is 5.25. The van der Waals surface area contributed by atoms with Gasteiger partial charge in [-0.2, -0.15) is 0 Å². The van der Waals surface area contributed by atoms with Gasteiger partial charge in [0.05, 0.1) is 4.92 Å². The minimum atomic E-state index is -0.407. The van der Waals surface area contributed by atoms with Crippen LogP contribution in [0.3, 0.4) is 0 Å². The van der Waals surface area contributed by atoms with Gasteiger partial charge in [0.15, 0.2) is 0 Å². The predicted octanol–water partition coefficient (Wildman–Crippen LogP) is 1.04. The summed E-state index contributed by atoms with van der Waals surface area (Å²) in [6, 6.07) is 1.65. The standard InChI is InChI=1S/C13H21N5O2/c1-16-7-9-17(10-8-16)6-2-4-15-12-3-5-14-11-13(12)18(19)20/h3,5,11H,2,4,6-10H2,1H3,(H,14,15). The summed E-state index contributed by atoms with van der Waals surface area (Å²) < 4.78 is 0. The van der Waals surface area contributed by atoms with Gasteiger partial charge in [0, 0.05) is 38.9 Å². The van der Waals surface area contributed by atoms with Crippen molar-refractivity contribution in [3.05, 3.63) is 28.6 Å². The van der Waals surface area contributed by atoms with Gasteiger partial charge in [0.1, 0.15) is 11.9 Å². The molecule has 0 atom stereocenters. The molecular formula is C13H21N5O2. The normalized spacial score (nSPS) is 17.1. The van der Waals surface area contributed by atoms with E-state index in [9.17, 15) is 10.1 Å². The Morgan fingerprint density at radius 1 is 1.40 bits per heavy atom. The topological polar surface area (TPSA) is 74.5 Å². The highest BCUT2D eigenvalue weighted by Crippen LogP contribution is 2.21. The number of nitro groups is 1. The SMILES string of the molecule is CN1CCN(CCCNc2ccncc2[N+](=O)[O-])CC1. The van der Waals surface area contributed by atoms with Crippen molar-refractivity contribution in [2.24, 2.45) is 0 Å². The molecule has 0 aromatic carbocycles. The number of hydrogen-bond donors (Lipinski definition) is 1. The van der Waals surface area contributed by atoms with Crippen LogP contribution in [-0.4, -0.2) is 66.0 Å². The molecule has 1 aromatic rings. The summed E-state index contributed by atoms with van der Waals surface area (Å²) in [5.41, 5.74) is 0.579. The lowest BCUT2D eigenvalue weighted by atomic mass is 10.3. The first kappa shape index (κ1) is 14.7. The van der Waals surface area contributed by atoms with Crippen LogP contribution < -0.4 is 5.32 Å². The zero-order chi connectivity index (χ0) is 14.4. The summed E-state index contributed by atoms with van der Waals surface area (Å²) in [5, 5.41) is 14.0. The van der Waals surface area contributed by atoms with Gasteiger partial charge >= 0.3 is 5.69 Å². The molecule has 1 aromatic heterocycles. The van der Waals surface area contributed by atoms with Crippen LogP contribution in [0.5, 0.6) is 0 Å². The minimum absolute atomic E-state index is 0.0343. The Bertz CT molecular complexity index is 446. The monoisotopic (exact) mass is 279 g/mol. The molecule has 0 bridgehead atoms. The lowest BCUT2D eigenvalue weighted by Crippen LogP contribution is -2.44. The number of nitrogens with zero attached hydrogens (tertiary/aromatic N) is 4. The number of nitrogens with one attached hydrogen (secondary N) is 1. The van der Waals surface area contributed by atoms with Gasteiger partial charge in [-0.1, -0.05) is 0 Å². The maximum absolute atomic E-state index is 10.8. The molecule has 0 spiro atoms. The van der Waals surface area contributed by atoms with Crippen molar-refractivity contribution in [1.82, 2.24) is 14.8 Å². The summed E-state index contributed by atoms with van der Waals surface area (Å²) in [6.45, 7) is 6.20. The van der Waals surface area contributed by atoms with Crippen molar-refractivity contribution in [2.75, 3.05) is 51.6 Å². The van der Waals surface area contributed by atoms with Gasteiger partial charge in [0.25, 0.3) is 0 Å². The molecule has 110 valence electrons. The van der Waals surface area contributed by atoms with Crippen LogP contribution in [0, 0.1) is 10.1 Å². The highest BCUT2D eigenvalue weighted by atomic mass is 16.6. The largest absolute Gasteiger partial charge is 0.379 e. The summed E-state index contributed by atoms with van der Waals surface area (Å²) in [4.78, 5) is 19.0. The second kappa shape index (κ2) is 7.16. The van der Waals surface area contributed by atoms with E-state index in [2.05, 4.69) is 27.1 Å². The maximum Gasteiger partial charge on any atom is 0.310 e. The van der Waals surface area contributed by atoms with E-state index < -0.39 is 4.92 Å². The predicted molar refractivity (Wildman–Crippen MR) is 77.9 cm³/mol. The second-order valence-corrected chi connectivity index (χ2v) is 5.08. The van der Waals surface area contributed by atoms with Crippen molar-refractivity contribution < 1.29 is 4.92 Å². The number of pyridine rings is 1. The average molecular weight is 279 g/mol. The van der Waals surface area contributed by atoms with E-state index in [1.807, 2.05) is 0 Å². The first-order valence-electron chi connectivity index (χ1n) is 6.90. The summed E-state index contributed by atoms with van der Waals surface area (Å²) in [5.74, 6) is 0. The molecule has 1 aliphatic heterocycles. The molecule has 20 heavy (non-hydrogen) atoms. The second-order valence-electron chi connectivity index (χ2n) is 5.08. The molecule has 2 heterocycles. The number of piperazine rings is 1. The molecule has 1 saturated heterocycles. The zero-order valence-corrected chi connectivity index (χ0v) is 11.8. The Labute approximate surface area is 118 Å².